The van der Waals surface area contributed by atoms with Gasteiger partial charge in [-0.15, -0.1) is 0 Å². The van der Waals surface area contributed by atoms with Crippen LogP contribution in [0.15, 0.2) is 48.2 Å². The lowest BCUT2D eigenvalue weighted by Crippen LogP contribution is -2.31. The SMILES string of the molecule is CCOc1cc(C2/C(=C(\O)c3c(C)nc4ccccn34)C(=O)C(=O)N2CCCOC)ccc1OCCC(C)C. The van der Waals surface area contributed by atoms with E-state index in [-0.39, 0.29) is 17.9 Å². The van der Waals surface area contributed by atoms with Crippen molar-refractivity contribution in [3.8, 4) is 11.5 Å². The number of aromatic nitrogens is 2. The molecule has 0 aliphatic carbocycles. The van der Waals surface area contributed by atoms with Crippen LogP contribution in [-0.4, -0.2) is 64.6 Å². The second kappa shape index (κ2) is 12.3. The van der Waals surface area contributed by atoms with Crippen molar-refractivity contribution in [2.45, 2.75) is 46.6 Å². The fourth-order valence-electron chi connectivity index (χ4n) is 4.85. The summed E-state index contributed by atoms with van der Waals surface area (Å²) in [5.41, 5.74) is 2.21. The van der Waals surface area contributed by atoms with Gasteiger partial charge in [0, 0.05) is 26.5 Å². The Morgan fingerprint density at radius 3 is 2.62 bits per heavy atom. The topological polar surface area (TPSA) is 103 Å². The Morgan fingerprint density at radius 2 is 1.90 bits per heavy atom. The second-order valence-corrected chi connectivity index (χ2v) is 9.98. The number of rotatable bonds is 12. The number of Topliss-reactive ketones (excluding diaryl/α,β-unsaturated/α-hetero) is 1. The molecule has 0 saturated carbocycles. The Kier molecular flexibility index (Phi) is 8.91. The van der Waals surface area contributed by atoms with E-state index in [2.05, 4.69) is 18.8 Å². The summed E-state index contributed by atoms with van der Waals surface area (Å²) in [6, 6.07) is 10.1. The maximum atomic E-state index is 13.5. The number of benzene rings is 1. The number of hydrogen-bond acceptors (Lipinski definition) is 7. The summed E-state index contributed by atoms with van der Waals surface area (Å²) in [5, 5.41) is 11.6. The fourth-order valence-corrected chi connectivity index (χ4v) is 4.85. The highest BCUT2D eigenvalue weighted by Crippen LogP contribution is 2.42. The van der Waals surface area contributed by atoms with Crippen molar-refractivity contribution in [3.05, 3.63) is 65.1 Å². The van der Waals surface area contributed by atoms with Gasteiger partial charge < -0.3 is 24.2 Å². The van der Waals surface area contributed by atoms with E-state index in [0.29, 0.717) is 66.3 Å². The van der Waals surface area contributed by atoms with E-state index in [1.807, 2.05) is 31.2 Å². The number of nitrogens with zero attached hydrogens (tertiary/aromatic N) is 3. The Hall–Kier alpha value is -3.85. The summed E-state index contributed by atoms with van der Waals surface area (Å²) in [5.74, 6) is -0.0639. The average Bonchev–Trinajstić information content (AvgIpc) is 3.37. The molecule has 1 aliphatic heterocycles. The van der Waals surface area contributed by atoms with E-state index >= 15 is 0 Å². The van der Waals surface area contributed by atoms with Crippen LogP contribution in [-0.2, 0) is 14.3 Å². The van der Waals surface area contributed by atoms with Crippen LogP contribution in [0.1, 0.15) is 56.6 Å². The third-order valence-electron chi connectivity index (χ3n) is 6.75. The van der Waals surface area contributed by atoms with Crippen LogP contribution in [0.3, 0.4) is 0 Å². The van der Waals surface area contributed by atoms with Crippen LogP contribution >= 0.6 is 0 Å². The number of aliphatic hydroxyl groups excluding tert-OH is 1. The van der Waals surface area contributed by atoms with Crippen LogP contribution in [0.4, 0.5) is 0 Å². The van der Waals surface area contributed by atoms with Crippen LogP contribution in [0, 0.1) is 12.8 Å². The first-order chi connectivity index (χ1) is 18.8. The second-order valence-electron chi connectivity index (χ2n) is 9.98. The van der Waals surface area contributed by atoms with Crippen LogP contribution in [0.5, 0.6) is 11.5 Å². The molecule has 2 aromatic heterocycles. The highest BCUT2D eigenvalue weighted by molar-refractivity contribution is 6.46. The van der Waals surface area contributed by atoms with Crippen molar-refractivity contribution in [2.75, 3.05) is 33.5 Å². The fraction of sp³-hybridized carbons (Fsp3) is 0.433. The molecule has 1 N–H and O–H groups in total. The van der Waals surface area contributed by atoms with Crippen LogP contribution in [0.25, 0.3) is 11.4 Å². The monoisotopic (exact) mass is 535 g/mol. The van der Waals surface area contributed by atoms with Gasteiger partial charge in [0.1, 0.15) is 11.3 Å². The lowest BCUT2D eigenvalue weighted by atomic mass is 9.95. The Morgan fingerprint density at radius 1 is 1.10 bits per heavy atom. The number of aliphatic hydroxyl groups is 1. The predicted octanol–water partition coefficient (Wildman–Crippen LogP) is 4.92. The number of imidazole rings is 1. The molecule has 1 amide bonds. The summed E-state index contributed by atoms with van der Waals surface area (Å²) < 4.78 is 18.8. The number of ether oxygens (including phenoxy) is 3. The molecule has 0 bridgehead atoms. The smallest absolute Gasteiger partial charge is 0.295 e. The van der Waals surface area contributed by atoms with Gasteiger partial charge in [-0.3, -0.25) is 14.0 Å². The molecule has 1 aliphatic rings. The summed E-state index contributed by atoms with van der Waals surface area (Å²) in [6.07, 6.45) is 3.19. The standard InChI is InChI=1S/C30H37N3O6/c1-6-38-23-18-21(11-12-22(23)39-17-13-19(2)3)27-25(29(35)30(36)33(27)15-9-16-37-5)28(34)26-20(4)31-24-10-7-8-14-32(24)26/h7-8,10-12,14,18-19,27,34H,6,9,13,15-17H2,1-5H3/b28-25+. The number of carbonyl (C=O) groups excluding carboxylic acids is 2. The zero-order chi connectivity index (χ0) is 28.1. The number of amides is 1. The van der Waals surface area contributed by atoms with Gasteiger partial charge in [-0.25, -0.2) is 4.98 Å². The zero-order valence-electron chi connectivity index (χ0n) is 23.3. The van der Waals surface area contributed by atoms with E-state index in [1.165, 1.54) is 4.90 Å². The Bertz CT molecular complexity index is 1380. The highest BCUT2D eigenvalue weighted by Gasteiger charge is 2.46. The average molecular weight is 536 g/mol. The molecule has 1 atom stereocenters. The third-order valence-corrected chi connectivity index (χ3v) is 6.75. The number of ketones is 1. The zero-order valence-corrected chi connectivity index (χ0v) is 23.3. The number of likely N-dealkylation sites (tertiary alicyclic amines) is 1. The lowest BCUT2D eigenvalue weighted by Gasteiger charge is -2.26. The molecule has 0 radical (unpaired) electrons. The molecule has 1 fully saturated rings. The summed E-state index contributed by atoms with van der Waals surface area (Å²) in [6.45, 7) is 9.58. The summed E-state index contributed by atoms with van der Waals surface area (Å²) >= 11 is 0. The van der Waals surface area contributed by atoms with Gasteiger partial charge in [-0.2, -0.15) is 0 Å². The quantitative estimate of drug-likeness (QED) is 0.152. The van der Waals surface area contributed by atoms with Gasteiger partial charge in [0.2, 0.25) is 0 Å². The van der Waals surface area contributed by atoms with Gasteiger partial charge in [-0.05, 0) is 62.4 Å². The minimum absolute atomic E-state index is 0.0158. The van der Waals surface area contributed by atoms with Crippen molar-refractivity contribution < 1.29 is 28.9 Å². The van der Waals surface area contributed by atoms with E-state index in [4.69, 9.17) is 14.2 Å². The number of carbonyl (C=O) groups is 2. The number of aryl methyl sites for hydroxylation is 1. The molecule has 9 nitrogen and oxygen atoms in total. The first-order valence-electron chi connectivity index (χ1n) is 13.4. The molecule has 3 heterocycles. The maximum absolute atomic E-state index is 13.5. The minimum atomic E-state index is -0.820. The molecule has 4 rings (SSSR count). The lowest BCUT2D eigenvalue weighted by molar-refractivity contribution is -0.140. The highest BCUT2D eigenvalue weighted by atomic mass is 16.5. The number of methoxy groups -OCH3 is 1. The first-order valence-corrected chi connectivity index (χ1v) is 13.4. The van der Waals surface area contributed by atoms with Crippen LogP contribution < -0.4 is 9.47 Å². The molecule has 0 spiro atoms. The first kappa shape index (κ1) is 28.2. The Balaban J connectivity index is 1.84. The van der Waals surface area contributed by atoms with Gasteiger partial charge >= 0.3 is 0 Å². The molecule has 208 valence electrons. The number of fused-ring (bicyclic) bond motifs is 1. The molecule has 9 heteroatoms. The molecule has 39 heavy (non-hydrogen) atoms. The van der Waals surface area contributed by atoms with E-state index in [0.717, 1.165) is 6.42 Å². The molecule has 1 unspecified atom stereocenters. The van der Waals surface area contributed by atoms with Crippen LogP contribution in [0.2, 0.25) is 0 Å². The number of pyridine rings is 1. The van der Waals surface area contributed by atoms with E-state index in [1.54, 1.807) is 36.8 Å². The van der Waals surface area contributed by atoms with Crippen molar-refractivity contribution in [1.29, 1.82) is 0 Å². The maximum Gasteiger partial charge on any atom is 0.295 e. The number of hydrogen-bond donors (Lipinski definition) is 1. The summed E-state index contributed by atoms with van der Waals surface area (Å²) in [4.78, 5) is 32.8. The predicted molar refractivity (Wildman–Crippen MR) is 148 cm³/mol. The molecular formula is C30H37N3O6. The normalized spacial score (nSPS) is 17.0. The third kappa shape index (κ3) is 5.78. The molecular weight excluding hydrogens is 498 g/mol. The van der Waals surface area contributed by atoms with Crippen molar-refractivity contribution >= 4 is 23.1 Å². The molecule has 1 saturated heterocycles. The van der Waals surface area contributed by atoms with E-state index < -0.39 is 17.7 Å². The van der Waals surface area contributed by atoms with Gasteiger partial charge in [0.05, 0.1) is 30.5 Å². The minimum Gasteiger partial charge on any atom is -0.505 e. The summed E-state index contributed by atoms with van der Waals surface area (Å²) in [7, 11) is 1.59. The molecule has 1 aromatic carbocycles. The van der Waals surface area contributed by atoms with Crippen molar-refractivity contribution in [1.82, 2.24) is 14.3 Å². The largest absolute Gasteiger partial charge is 0.505 e. The Labute approximate surface area is 229 Å². The van der Waals surface area contributed by atoms with Gasteiger partial charge in [-0.1, -0.05) is 26.0 Å². The van der Waals surface area contributed by atoms with Gasteiger partial charge in [0.25, 0.3) is 11.7 Å². The van der Waals surface area contributed by atoms with Crippen molar-refractivity contribution in [2.24, 2.45) is 5.92 Å². The van der Waals surface area contributed by atoms with Gasteiger partial charge in [0.15, 0.2) is 17.3 Å². The van der Waals surface area contributed by atoms with E-state index in [9.17, 15) is 14.7 Å². The molecule has 3 aromatic rings. The van der Waals surface area contributed by atoms with Crippen molar-refractivity contribution in [3.63, 3.8) is 0 Å².